The lowest BCUT2D eigenvalue weighted by Crippen LogP contribution is -2.40. The van der Waals surface area contributed by atoms with E-state index in [2.05, 4.69) is 29.8 Å². The van der Waals surface area contributed by atoms with Gasteiger partial charge in [0.1, 0.15) is 0 Å². The maximum absolute atomic E-state index is 12.8. The fourth-order valence-electron chi connectivity index (χ4n) is 2.82. The van der Waals surface area contributed by atoms with Crippen molar-refractivity contribution < 1.29 is 8.42 Å². The zero-order chi connectivity index (χ0) is 15.8. The molecule has 1 aromatic rings. The van der Waals surface area contributed by atoms with E-state index in [9.17, 15) is 8.42 Å². The van der Waals surface area contributed by atoms with Crippen LogP contribution < -0.4 is 5.73 Å². The van der Waals surface area contributed by atoms with Crippen LogP contribution in [0.25, 0.3) is 0 Å². The van der Waals surface area contributed by atoms with E-state index in [1.165, 1.54) is 10.4 Å². The van der Waals surface area contributed by atoms with Crippen LogP contribution in [0.3, 0.4) is 0 Å². The van der Waals surface area contributed by atoms with E-state index in [0.717, 1.165) is 25.7 Å². The van der Waals surface area contributed by atoms with Crippen LogP contribution in [0.4, 0.5) is 5.69 Å². The molecule has 0 bridgehead atoms. The van der Waals surface area contributed by atoms with Gasteiger partial charge in [-0.05, 0) is 65.2 Å². The Kier molecular flexibility index (Phi) is 4.71. The smallest absolute Gasteiger partial charge is 0.244 e. The van der Waals surface area contributed by atoms with Crippen molar-refractivity contribution in [3.8, 4) is 0 Å². The highest BCUT2D eigenvalue weighted by Crippen LogP contribution is 2.38. The first kappa shape index (κ1) is 16.8. The summed E-state index contributed by atoms with van der Waals surface area (Å²) in [6, 6.07) is 4.95. The number of hydrogen-bond donors (Lipinski definition) is 1. The molecule has 0 spiro atoms. The third-order valence-corrected chi connectivity index (χ3v) is 7.34. The molecule has 4 nitrogen and oxygen atoms in total. The minimum Gasteiger partial charge on any atom is -0.399 e. The first-order valence-electron chi connectivity index (χ1n) is 7.16. The number of anilines is 1. The predicted octanol–water partition coefficient (Wildman–Crippen LogP) is 3.62. The zero-order valence-electron chi connectivity index (χ0n) is 12.8. The van der Waals surface area contributed by atoms with Gasteiger partial charge in [0, 0.05) is 23.2 Å². The molecule has 0 amide bonds. The van der Waals surface area contributed by atoms with Crippen molar-refractivity contribution in [1.82, 2.24) is 4.31 Å². The van der Waals surface area contributed by atoms with Gasteiger partial charge in [0.25, 0.3) is 0 Å². The van der Waals surface area contributed by atoms with Crippen LogP contribution in [0.5, 0.6) is 0 Å². The second kappa shape index (κ2) is 5.89. The van der Waals surface area contributed by atoms with Gasteiger partial charge in [0.05, 0.1) is 4.90 Å². The van der Waals surface area contributed by atoms with Crippen molar-refractivity contribution in [3.05, 3.63) is 22.7 Å². The third-order valence-electron chi connectivity index (χ3n) is 4.44. The average molecular weight is 375 g/mol. The number of rotatable bonds is 3. The minimum absolute atomic E-state index is 0.0661. The average Bonchev–Trinajstić information content (AvgIpc) is 2.40. The second-order valence-corrected chi connectivity index (χ2v) is 9.43. The van der Waals surface area contributed by atoms with Crippen molar-refractivity contribution in [2.24, 2.45) is 5.41 Å². The van der Waals surface area contributed by atoms with E-state index >= 15 is 0 Å². The zero-order valence-corrected chi connectivity index (χ0v) is 15.2. The lowest BCUT2D eigenvalue weighted by molar-refractivity contribution is 0.174. The Hall–Kier alpha value is -0.590. The number of sulfonamides is 1. The molecule has 0 radical (unpaired) electrons. The number of nitrogens with zero attached hydrogens (tertiary/aromatic N) is 1. The van der Waals surface area contributed by atoms with Crippen molar-refractivity contribution in [3.63, 3.8) is 0 Å². The minimum atomic E-state index is -3.52. The molecule has 1 fully saturated rings. The van der Waals surface area contributed by atoms with Gasteiger partial charge in [-0.3, -0.25) is 0 Å². The van der Waals surface area contributed by atoms with Crippen LogP contribution in [0.2, 0.25) is 0 Å². The highest BCUT2D eigenvalue weighted by atomic mass is 79.9. The maximum atomic E-state index is 12.8. The SMILES string of the molecule is CN(C1CCC(C)(C)CC1)S(=O)(=O)c1cc(N)ccc1Br. The summed E-state index contributed by atoms with van der Waals surface area (Å²) in [7, 11) is -1.85. The van der Waals surface area contributed by atoms with Gasteiger partial charge < -0.3 is 5.73 Å². The third kappa shape index (κ3) is 3.60. The molecule has 0 aliphatic heterocycles. The lowest BCUT2D eigenvalue weighted by atomic mass is 9.76. The molecular formula is C15H23BrN2O2S. The van der Waals surface area contributed by atoms with Crippen molar-refractivity contribution >= 4 is 31.6 Å². The summed E-state index contributed by atoms with van der Waals surface area (Å²) >= 11 is 3.32. The van der Waals surface area contributed by atoms with Gasteiger partial charge in [-0.1, -0.05) is 13.8 Å². The standard InChI is InChI=1S/C15H23BrN2O2S/c1-15(2)8-6-12(7-9-15)18(3)21(19,20)14-10-11(17)4-5-13(14)16/h4-5,10,12H,6-9,17H2,1-3H3. The molecule has 0 heterocycles. The van der Waals surface area contributed by atoms with Crippen LogP contribution in [-0.2, 0) is 10.0 Å². The fourth-order valence-corrected chi connectivity index (χ4v) is 5.19. The van der Waals surface area contributed by atoms with E-state index in [-0.39, 0.29) is 10.9 Å². The van der Waals surface area contributed by atoms with Crippen molar-refractivity contribution in [1.29, 1.82) is 0 Å². The molecule has 0 unspecified atom stereocenters. The van der Waals surface area contributed by atoms with E-state index < -0.39 is 10.0 Å². The topological polar surface area (TPSA) is 63.4 Å². The largest absolute Gasteiger partial charge is 0.399 e. The Balaban J connectivity index is 2.25. The van der Waals surface area contributed by atoms with E-state index in [1.54, 1.807) is 19.2 Å². The summed E-state index contributed by atoms with van der Waals surface area (Å²) in [5.74, 6) is 0. The molecule has 118 valence electrons. The molecule has 1 saturated carbocycles. The molecule has 2 rings (SSSR count). The van der Waals surface area contributed by atoms with Crippen LogP contribution in [-0.4, -0.2) is 25.8 Å². The summed E-state index contributed by atoms with van der Waals surface area (Å²) in [5, 5.41) is 0. The molecule has 0 saturated heterocycles. The summed E-state index contributed by atoms with van der Waals surface area (Å²) < 4.78 is 27.7. The number of nitrogen functional groups attached to an aromatic ring is 1. The van der Waals surface area contributed by atoms with E-state index in [4.69, 9.17) is 5.73 Å². The Bertz CT molecular complexity index is 619. The van der Waals surface area contributed by atoms with Gasteiger partial charge in [-0.15, -0.1) is 0 Å². The molecule has 0 atom stereocenters. The lowest BCUT2D eigenvalue weighted by Gasteiger charge is -2.38. The first-order chi connectivity index (χ1) is 9.63. The first-order valence-corrected chi connectivity index (χ1v) is 9.40. The van der Waals surface area contributed by atoms with Crippen molar-refractivity contribution in [2.75, 3.05) is 12.8 Å². The Morgan fingerprint density at radius 2 is 1.86 bits per heavy atom. The fraction of sp³-hybridized carbons (Fsp3) is 0.600. The highest BCUT2D eigenvalue weighted by Gasteiger charge is 2.34. The van der Waals surface area contributed by atoms with E-state index in [1.807, 2.05) is 0 Å². The summed E-state index contributed by atoms with van der Waals surface area (Å²) in [4.78, 5) is 0.245. The van der Waals surface area contributed by atoms with Crippen LogP contribution in [0.15, 0.2) is 27.6 Å². The molecule has 2 N–H and O–H groups in total. The van der Waals surface area contributed by atoms with Gasteiger partial charge in [-0.2, -0.15) is 4.31 Å². The molecule has 0 aromatic heterocycles. The van der Waals surface area contributed by atoms with Crippen LogP contribution >= 0.6 is 15.9 Å². The summed E-state index contributed by atoms with van der Waals surface area (Å²) in [6.45, 7) is 4.48. The Labute approximate surface area is 135 Å². The monoisotopic (exact) mass is 374 g/mol. The van der Waals surface area contributed by atoms with Gasteiger partial charge in [0.15, 0.2) is 0 Å². The maximum Gasteiger partial charge on any atom is 0.244 e. The van der Waals surface area contributed by atoms with Crippen molar-refractivity contribution in [2.45, 2.75) is 50.5 Å². The normalized spacial score (nSPS) is 19.9. The number of nitrogens with two attached hydrogens (primary N) is 1. The van der Waals surface area contributed by atoms with Crippen LogP contribution in [0, 0.1) is 5.41 Å². The molecule has 6 heteroatoms. The summed E-state index contributed by atoms with van der Waals surface area (Å²) in [5.41, 5.74) is 6.51. The predicted molar refractivity (Wildman–Crippen MR) is 89.5 cm³/mol. The number of benzene rings is 1. The highest BCUT2D eigenvalue weighted by molar-refractivity contribution is 9.10. The number of halogens is 1. The quantitative estimate of drug-likeness (QED) is 0.821. The van der Waals surface area contributed by atoms with Crippen LogP contribution in [0.1, 0.15) is 39.5 Å². The molecule has 21 heavy (non-hydrogen) atoms. The van der Waals surface area contributed by atoms with Gasteiger partial charge in [0.2, 0.25) is 10.0 Å². The Morgan fingerprint density at radius 1 is 1.29 bits per heavy atom. The number of hydrogen-bond acceptors (Lipinski definition) is 3. The summed E-state index contributed by atoms with van der Waals surface area (Å²) in [6.07, 6.45) is 3.91. The van der Waals surface area contributed by atoms with Gasteiger partial charge in [-0.25, -0.2) is 8.42 Å². The molecule has 1 aliphatic rings. The Morgan fingerprint density at radius 3 is 2.43 bits per heavy atom. The van der Waals surface area contributed by atoms with E-state index in [0.29, 0.717) is 15.6 Å². The van der Waals surface area contributed by atoms with Gasteiger partial charge >= 0.3 is 0 Å². The molecule has 1 aromatic carbocycles. The molecular weight excluding hydrogens is 352 g/mol. The molecule has 1 aliphatic carbocycles. The second-order valence-electron chi connectivity index (χ2n) is 6.61.